The Morgan fingerprint density at radius 2 is 2.11 bits per heavy atom. The van der Waals surface area contributed by atoms with E-state index >= 15 is 0 Å². The van der Waals surface area contributed by atoms with Gasteiger partial charge < -0.3 is 9.84 Å². The first-order chi connectivity index (χ1) is 9.26. The van der Waals surface area contributed by atoms with Crippen LogP contribution in [-0.2, 0) is 0 Å². The van der Waals surface area contributed by atoms with E-state index < -0.39 is 0 Å². The number of anilines is 1. The SMILES string of the molecule is N#Cc1ccc(NC(=O)c2cc(C3CC3)on2)cc1. The van der Waals surface area contributed by atoms with Crippen molar-refractivity contribution in [2.45, 2.75) is 18.8 Å². The molecule has 1 aliphatic carbocycles. The first kappa shape index (κ1) is 11.5. The number of carbonyl (C=O) groups is 1. The van der Waals surface area contributed by atoms with Crippen molar-refractivity contribution in [2.75, 3.05) is 5.32 Å². The van der Waals surface area contributed by atoms with E-state index in [-0.39, 0.29) is 11.6 Å². The third-order valence-electron chi connectivity index (χ3n) is 3.01. The monoisotopic (exact) mass is 253 g/mol. The first-order valence-electron chi connectivity index (χ1n) is 6.04. The van der Waals surface area contributed by atoms with Gasteiger partial charge in [0.25, 0.3) is 5.91 Å². The van der Waals surface area contributed by atoms with Gasteiger partial charge in [0, 0.05) is 17.7 Å². The minimum atomic E-state index is -0.305. The van der Waals surface area contributed by atoms with Crippen molar-refractivity contribution < 1.29 is 9.32 Å². The van der Waals surface area contributed by atoms with E-state index in [1.165, 1.54) is 0 Å². The zero-order chi connectivity index (χ0) is 13.2. The summed E-state index contributed by atoms with van der Waals surface area (Å²) in [5.74, 6) is 0.911. The first-order valence-corrected chi connectivity index (χ1v) is 6.04. The van der Waals surface area contributed by atoms with E-state index in [4.69, 9.17) is 9.78 Å². The van der Waals surface area contributed by atoms with E-state index in [1.54, 1.807) is 30.3 Å². The average Bonchev–Trinajstić information content (AvgIpc) is 3.17. The molecule has 1 amide bonds. The van der Waals surface area contributed by atoms with Crippen molar-refractivity contribution in [3.05, 3.63) is 47.3 Å². The number of hydrogen-bond donors (Lipinski definition) is 1. The van der Waals surface area contributed by atoms with Crippen molar-refractivity contribution in [3.8, 4) is 6.07 Å². The molecule has 1 saturated carbocycles. The van der Waals surface area contributed by atoms with Gasteiger partial charge in [-0.3, -0.25) is 4.79 Å². The van der Waals surface area contributed by atoms with Crippen LogP contribution in [0.4, 0.5) is 5.69 Å². The van der Waals surface area contributed by atoms with Gasteiger partial charge >= 0.3 is 0 Å². The molecule has 1 N–H and O–H groups in total. The summed E-state index contributed by atoms with van der Waals surface area (Å²) in [5, 5.41) is 15.2. The maximum atomic E-state index is 11.9. The highest BCUT2D eigenvalue weighted by Crippen LogP contribution is 2.40. The lowest BCUT2D eigenvalue weighted by atomic mass is 10.2. The molecule has 1 aliphatic rings. The Morgan fingerprint density at radius 1 is 1.37 bits per heavy atom. The summed E-state index contributed by atoms with van der Waals surface area (Å²) >= 11 is 0. The number of rotatable bonds is 3. The van der Waals surface area contributed by atoms with Crippen LogP contribution in [0.1, 0.15) is 40.6 Å². The fourth-order valence-corrected chi connectivity index (χ4v) is 1.78. The maximum absolute atomic E-state index is 11.9. The van der Waals surface area contributed by atoms with Gasteiger partial charge in [-0.2, -0.15) is 5.26 Å². The maximum Gasteiger partial charge on any atom is 0.277 e. The van der Waals surface area contributed by atoms with Crippen molar-refractivity contribution in [2.24, 2.45) is 0 Å². The quantitative estimate of drug-likeness (QED) is 0.912. The van der Waals surface area contributed by atoms with Crippen LogP contribution in [0.5, 0.6) is 0 Å². The average molecular weight is 253 g/mol. The zero-order valence-electron chi connectivity index (χ0n) is 10.1. The summed E-state index contributed by atoms with van der Waals surface area (Å²) < 4.78 is 5.13. The molecule has 1 aromatic heterocycles. The molecule has 1 heterocycles. The Balaban J connectivity index is 1.70. The highest BCUT2D eigenvalue weighted by atomic mass is 16.5. The van der Waals surface area contributed by atoms with Gasteiger partial charge in [-0.1, -0.05) is 5.16 Å². The van der Waals surface area contributed by atoms with Gasteiger partial charge in [-0.25, -0.2) is 0 Å². The second kappa shape index (κ2) is 4.58. The molecule has 0 radical (unpaired) electrons. The molecule has 0 spiro atoms. The normalized spacial score (nSPS) is 13.8. The van der Waals surface area contributed by atoms with Crippen LogP contribution < -0.4 is 5.32 Å². The number of nitrogens with zero attached hydrogens (tertiary/aromatic N) is 2. The second-order valence-electron chi connectivity index (χ2n) is 4.53. The van der Waals surface area contributed by atoms with E-state index in [2.05, 4.69) is 10.5 Å². The van der Waals surface area contributed by atoms with Crippen LogP contribution in [0.15, 0.2) is 34.9 Å². The number of hydrogen-bond acceptors (Lipinski definition) is 4. The van der Waals surface area contributed by atoms with Crippen molar-refractivity contribution in [3.63, 3.8) is 0 Å². The minimum Gasteiger partial charge on any atom is -0.360 e. The van der Waals surface area contributed by atoms with Crippen molar-refractivity contribution in [1.29, 1.82) is 5.26 Å². The molecule has 19 heavy (non-hydrogen) atoms. The van der Waals surface area contributed by atoms with Crippen LogP contribution in [0, 0.1) is 11.3 Å². The number of aromatic nitrogens is 1. The summed E-state index contributed by atoms with van der Waals surface area (Å²) in [6, 6.07) is 10.4. The molecule has 1 fully saturated rings. The van der Waals surface area contributed by atoms with Crippen molar-refractivity contribution in [1.82, 2.24) is 5.16 Å². The standard InChI is InChI=1S/C14H11N3O2/c15-8-9-1-5-11(6-2-9)16-14(18)12-7-13(19-17-12)10-3-4-10/h1-2,5-7,10H,3-4H2,(H,16,18). The number of nitriles is 1. The Morgan fingerprint density at radius 3 is 2.74 bits per heavy atom. The molecule has 0 bridgehead atoms. The van der Waals surface area contributed by atoms with Gasteiger partial charge in [0.2, 0.25) is 0 Å². The Kier molecular flexibility index (Phi) is 2.76. The number of nitrogens with one attached hydrogen (secondary N) is 1. The topological polar surface area (TPSA) is 78.9 Å². The molecule has 94 valence electrons. The highest BCUT2D eigenvalue weighted by Gasteiger charge is 2.28. The van der Waals surface area contributed by atoms with Gasteiger partial charge in [0.1, 0.15) is 5.76 Å². The van der Waals surface area contributed by atoms with E-state index in [0.717, 1.165) is 18.6 Å². The molecule has 0 atom stereocenters. The molecule has 0 saturated heterocycles. The number of benzene rings is 1. The molecule has 1 aromatic carbocycles. The van der Waals surface area contributed by atoms with Crippen LogP contribution in [0.3, 0.4) is 0 Å². The predicted molar refractivity (Wildman–Crippen MR) is 67.6 cm³/mol. The highest BCUT2D eigenvalue weighted by molar-refractivity contribution is 6.02. The molecule has 0 aliphatic heterocycles. The summed E-state index contributed by atoms with van der Waals surface area (Å²) in [7, 11) is 0. The second-order valence-corrected chi connectivity index (χ2v) is 4.53. The van der Waals surface area contributed by atoms with Gasteiger partial charge in [0.05, 0.1) is 11.6 Å². The fourth-order valence-electron chi connectivity index (χ4n) is 1.78. The summed E-state index contributed by atoms with van der Waals surface area (Å²) in [5.41, 5.74) is 1.46. The Hall–Kier alpha value is -2.61. The van der Waals surface area contributed by atoms with E-state index in [0.29, 0.717) is 17.2 Å². The largest absolute Gasteiger partial charge is 0.360 e. The van der Waals surface area contributed by atoms with Crippen molar-refractivity contribution >= 4 is 11.6 Å². The molecular formula is C14H11N3O2. The minimum absolute atomic E-state index is 0.284. The molecule has 2 aromatic rings. The van der Waals surface area contributed by atoms with Crippen LogP contribution in [-0.4, -0.2) is 11.1 Å². The number of amides is 1. The lowest BCUT2D eigenvalue weighted by Gasteiger charge is -2.01. The van der Waals surface area contributed by atoms with Crippen LogP contribution in [0.2, 0.25) is 0 Å². The van der Waals surface area contributed by atoms with E-state index in [1.807, 2.05) is 6.07 Å². The molecule has 0 unspecified atom stereocenters. The lowest BCUT2D eigenvalue weighted by Crippen LogP contribution is -2.12. The Labute approximate surface area is 109 Å². The summed E-state index contributed by atoms with van der Waals surface area (Å²) in [4.78, 5) is 11.9. The molecular weight excluding hydrogens is 242 g/mol. The summed E-state index contributed by atoms with van der Waals surface area (Å²) in [6.45, 7) is 0. The third kappa shape index (κ3) is 2.47. The molecule has 5 nitrogen and oxygen atoms in total. The Bertz CT molecular complexity index is 648. The lowest BCUT2D eigenvalue weighted by molar-refractivity contribution is 0.101. The fraction of sp³-hybridized carbons (Fsp3) is 0.214. The predicted octanol–water partition coefficient (Wildman–Crippen LogP) is 2.68. The van der Waals surface area contributed by atoms with Gasteiger partial charge in [0.15, 0.2) is 5.69 Å². The summed E-state index contributed by atoms with van der Waals surface area (Å²) in [6.07, 6.45) is 2.21. The third-order valence-corrected chi connectivity index (χ3v) is 3.01. The van der Waals surface area contributed by atoms with Gasteiger partial charge in [-0.15, -0.1) is 0 Å². The van der Waals surface area contributed by atoms with Gasteiger partial charge in [-0.05, 0) is 37.1 Å². The zero-order valence-corrected chi connectivity index (χ0v) is 10.1. The van der Waals surface area contributed by atoms with E-state index in [9.17, 15) is 4.79 Å². The molecule has 5 heteroatoms. The molecule has 3 rings (SSSR count). The van der Waals surface area contributed by atoms with Crippen LogP contribution >= 0.6 is 0 Å². The smallest absolute Gasteiger partial charge is 0.277 e. The number of carbonyl (C=O) groups excluding carboxylic acids is 1. The van der Waals surface area contributed by atoms with Crippen LogP contribution in [0.25, 0.3) is 0 Å².